The van der Waals surface area contributed by atoms with Gasteiger partial charge < -0.3 is 4.74 Å². The van der Waals surface area contributed by atoms with Gasteiger partial charge in [-0.2, -0.15) is 0 Å². The van der Waals surface area contributed by atoms with E-state index >= 15 is 0 Å². The first kappa shape index (κ1) is 7.92. The topological polar surface area (TPSA) is 23.3 Å². The summed E-state index contributed by atoms with van der Waals surface area (Å²) in [5, 5.41) is 4.18. The van der Waals surface area contributed by atoms with Gasteiger partial charge in [0.15, 0.2) is 0 Å². The molecule has 1 aliphatic rings. The first-order valence-electron chi connectivity index (χ1n) is 4.19. The van der Waals surface area contributed by atoms with E-state index in [-0.39, 0.29) is 0 Å². The van der Waals surface area contributed by atoms with Gasteiger partial charge in [-0.05, 0) is 5.56 Å². The van der Waals surface area contributed by atoms with E-state index in [1.54, 1.807) is 18.7 Å². The Labute approximate surface area is 77.5 Å². The van der Waals surface area contributed by atoms with Gasteiger partial charge in [-0.25, -0.2) is 0 Å². The Balaban J connectivity index is 2.02. The van der Waals surface area contributed by atoms with Crippen LogP contribution >= 0.6 is 0 Å². The largest absolute Gasteiger partial charge is 0.469 e. The van der Waals surface area contributed by atoms with Crippen molar-refractivity contribution < 1.29 is 4.74 Å². The molecule has 0 atom stereocenters. The van der Waals surface area contributed by atoms with E-state index in [1.807, 2.05) is 18.2 Å². The molecule has 2 heteroatoms. The Hall–Kier alpha value is -1.70. The van der Waals surface area contributed by atoms with Crippen molar-refractivity contribution in [3.8, 4) is 0 Å². The highest BCUT2D eigenvalue weighted by Crippen LogP contribution is 2.08. The Morgan fingerprint density at radius 2 is 2.00 bits per heavy atom. The molecule has 0 fully saturated rings. The highest BCUT2D eigenvalue weighted by Gasteiger charge is 2.01. The predicted molar refractivity (Wildman–Crippen MR) is 50.6 cm³/mol. The molecule has 0 saturated carbocycles. The van der Waals surface area contributed by atoms with E-state index in [2.05, 4.69) is 17.4 Å². The summed E-state index contributed by atoms with van der Waals surface area (Å²) >= 11 is 0. The predicted octanol–water partition coefficient (Wildman–Crippen LogP) is 2.18. The highest BCUT2D eigenvalue weighted by molar-refractivity contribution is 5.21. The van der Waals surface area contributed by atoms with Crippen molar-refractivity contribution in [3.05, 3.63) is 60.3 Å². The molecule has 1 aromatic rings. The van der Waals surface area contributed by atoms with Gasteiger partial charge in [0.2, 0.25) is 0 Å². The maximum atomic E-state index is 5.02. The quantitative estimate of drug-likeness (QED) is 0.670. The fourth-order valence-electron chi connectivity index (χ4n) is 1.20. The maximum Gasteiger partial charge on any atom is 0.112 e. The van der Waals surface area contributed by atoms with Gasteiger partial charge in [0.25, 0.3) is 0 Å². The number of rotatable bonds is 2. The molecule has 2 nitrogen and oxygen atoms in total. The van der Waals surface area contributed by atoms with Crippen molar-refractivity contribution >= 4 is 0 Å². The zero-order chi connectivity index (χ0) is 8.93. The lowest BCUT2D eigenvalue weighted by atomic mass is 10.1. The third-order valence-corrected chi connectivity index (χ3v) is 1.81. The minimum absolute atomic E-state index is 0.825. The number of ether oxygens (including phenoxy) is 1. The van der Waals surface area contributed by atoms with Crippen LogP contribution in [0.2, 0.25) is 0 Å². The Morgan fingerprint density at radius 1 is 1.15 bits per heavy atom. The van der Waals surface area contributed by atoms with Crippen LogP contribution in [0.5, 0.6) is 0 Å². The van der Waals surface area contributed by atoms with Crippen molar-refractivity contribution in [1.82, 2.24) is 5.32 Å². The number of hydrogen-bond donors (Lipinski definition) is 0. The molecule has 2 rings (SSSR count). The number of hydrogen-bond acceptors (Lipinski definition) is 1. The average molecular weight is 172 g/mol. The molecule has 1 aromatic carbocycles. The molecule has 0 saturated heterocycles. The van der Waals surface area contributed by atoms with Crippen molar-refractivity contribution in [1.29, 1.82) is 0 Å². The van der Waals surface area contributed by atoms with Crippen molar-refractivity contribution in [3.63, 3.8) is 0 Å². The van der Waals surface area contributed by atoms with Gasteiger partial charge in [-0.3, -0.25) is 5.32 Å². The summed E-state index contributed by atoms with van der Waals surface area (Å²) in [6.07, 6.45) is 5.73. The van der Waals surface area contributed by atoms with Crippen LogP contribution in [0.4, 0.5) is 0 Å². The van der Waals surface area contributed by atoms with Crippen molar-refractivity contribution in [2.24, 2.45) is 0 Å². The first-order chi connectivity index (χ1) is 6.45. The van der Waals surface area contributed by atoms with E-state index in [0.717, 1.165) is 12.1 Å². The summed E-state index contributed by atoms with van der Waals surface area (Å²) < 4.78 is 5.02. The lowest BCUT2D eigenvalue weighted by Gasteiger charge is -2.07. The molecule has 1 radical (unpaired) electrons. The maximum absolute atomic E-state index is 5.02. The van der Waals surface area contributed by atoms with Gasteiger partial charge in [0, 0.05) is 6.42 Å². The van der Waals surface area contributed by atoms with Gasteiger partial charge in [-0.15, -0.1) is 0 Å². The van der Waals surface area contributed by atoms with Gasteiger partial charge in [0.05, 0.1) is 11.9 Å². The summed E-state index contributed by atoms with van der Waals surface area (Å²) in [5.74, 6) is 0. The zero-order valence-electron chi connectivity index (χ0n) is 7.18. The van der Waals surface area contributed by atoms with Crippen LogP contribution in [-0.2, 0) is 11.2 Å². The second kappa shape index (κ2) is 3.81. The van der Waals surface area contributed by atoms with Crippen LogP contribution in [0.3, 0.4) is 0 Å². The normalized spacial score (nSPS) is 14.3. The standard InChI is InChI=1S/C11H10NO/c1-2-4-10(5-3-1)8-11-9-13-7-6-12-11/h1-7,9H,8H2. The van der Waals surface area contributed by atoms with Crippen LogP contribution in [-0.4, -0.2) is 0 Å². The third-order valence-electron chi connectivity index (χ3n) is 1.81. The van der Waals surface area contributed by atoms with Gasteiger partial charge in [-0.1, -0.05) is 30.3 Å². The zero-order valence-corrected chi connectivity index (χ0v) is 7.18. The van der Waals surface area contributed by atoms with E-state index < -0.39 is 0 Å². The molecule has 1 heterocycles. The molecule has 0 amide bonds. The fourth-order valence-corrected chi connectivity index (χ4v) is 1.20. The fraction of sp³-hybridized carbons (Fsp3) is 0.0909. The number of benzene rings is 1. The van der Waals surface area contributed by atoms with Crippen molar-refractivity contribution in [2.45, 2.75) is 6.42 Å². The summed E-state index contributed by atoms with van der Waals surface area (Å²) in [6.45, 7) is 0. The third kappa shape index (κ3) is 2.12. The molecule has 0 unspecified atom stereocenters. The SMILES string of the molecule is C1=COC=C(Cc2ccccc2)[N]1. The minimum Gasteiger partial charge on any atom is -0.469 e. The van der Waals surface area contributed by atoms with Gasteiger partial charge >= 0.3 is 0 Å². The molecular formula is C11H10NO. The van der Waals surface area contributed by atoms with E-state index in [9.17, 15) is 0 Å². The van der Waals surface area contributed by atoms with E-state index in [1.165, 1.54) is 5.56 Å². The van der Waals surface area contributed by atoms with Crippen LogP contribution in [0, 0.1) is 0 Å². The monoisotopic (exact) mass is 172 g/mol. The van der Waals surface area contributed by atoms with Crippen molar-refractivity contribution in [2.75, 3.05) is 0 Å². The van der Waals surface area contributed by atoms with Crippen LogP contribution in [0.15, 0.2) is 54.8 Å². The summed E-state index contributed by atoms with van der Waals surface area (Å²) in [7, 11) is 0. The Morgan fingerprint density at radius 3 is 2.69 bits per heavy atom. The van der Waals surface area contributed by atoms with Crippen LogP contribution in [0.25, 0.3) is 0 Å². The average Bonchev–Trinajstić information content (AvgIpc) is 2.21. The summed E-state index contributed by atoms with van der Waals surface area (Å²) in [4.78, 5) is 0. The van der Waals surface area contributed by atoms with E-state index in [4.69, 9.17) is 4.74 Å². The van der Waals surface area contributed by atoms with Gasteiger partial charge in [0.1, 0.15) is 12.5 Å². The molecule has 0 aliphatic carbocycles. The lowest BCUT2D eigenvalue weighted by Crippen LogP contribution is -2.04. The molecule has 0 aromatic heterocycles. The minimum atomic E-state index is 0.825. The summed E-state index contributed by atoms with van der Waals surface area (Å²) in [6, 6.07) is 10.2. The molecule has 1 aliphatic heterocycles. The highest BCUT2D eigenvalue weighted by atomic mass is 16.5. The molecular weight excluding hydrogens is 162 g/mol. The molecule has 65 valence electrons. The second-order valence-electron chi connectivity index (χ2n) is 2.82. The lowest BCUT2D eigenvalue weighted by molar-refractivity contribution is 0.380. The Kier molecular flexibility index (Phi) is 2.32. The van der Waals surface area contributed by atoms with Crippen LogP contribution in [0.1, 0.15) is 5.56 Å². The molecule has 0 N–H and O–H groups in total. The number of nitrogens with zero attached hydrogens (tertiary/aromatic N) is 1. The Bertz CT molecular complexity index is 327. The molecule has 0 bridgehead atoms. The molecule has 13 heavy (non-hydrogen) atoms. The number of allylic oxidation sites excluding steroid dienone is 1. The van der Waals surface area contributed by atoms with E-state index in [0.29, 0.717) is 0 Å². The summed E-state index contributed by atoms with van der Waals surface area (Å²) in [5.41, 5.74) is 2.20. The second-order valence-corrected chi connectivity index (χ2v) is 2.82. The first-order valence-corrected chi connectivity index (χ1v) is 4.19. The smallest absolute Gasteiger partial charge is 0.112 e. The van der Waals surface area contributed by atoms with Crippen LogP contribution < -0.4 is 5.32 Å². The molecule has 0 spiro atoms.